The lowest BCUT2D eigenvalue weighted by molar-refractivity contribution is 3.54. The summed E-state index contributed by atoms with van der Waals surface area (Å²) in [5, 5.41) is 0. The summed E-state index contributed by atoms with van der Waals surface area (Å²) in [6.07, 6.45) is 3.38. The molecule has 0 aromatic carbocycles. The molecule has 0 saturated heterocycles. The molecule has 0 unspecified atom stereocenters. The van der Waals surface area contributed by atoms with Crippen molar-refractivity contribution in [2.75, 3.05) is 0 Å². The van der Waals surface area contributed by atoms with Crippen LogP contribution in [0.25, 0.3) is 0 Å². The van der Waals surface area contributed by atoms with Crippen LogP contribution in [0.1, 0.15) is 0 Å². The predicted octanol–water partition coefficient (Wildman–Crippen LogP) is -7.02. The molecule has 0 rings (SSSR count). The molecule has 0 aromatic rings. The normalized spacial score (nSPS) is 8.40. The molecule has 0 heterocycles. The highest BCUT2D eigenvalue weighted by molar-refractivity contribution is 7.97. The molecule has 0 aliphatic carbocycles. The van der Waals surface area contributed by atoms with Gasteiger partial charge in [0.1, 0.15) is 0 Å². The van der Waals surface area contributed by atoms with Gasteiger partial charge in [-0.3, -0.25) is 0 Å². The summed E-state index contributed by atoms with van der Waals surface area (Å²) in [6, 6.07) is 0. The molecule has 10 heavy (non-hydrogen) atoms. The van der Waals surface area contributed by atoms with E-state index in [-0.39, 0.29) is 0 Å². The maximum absolute atomic E-state index is 2.36. The van der Waals surface area contributed by atoms with Crippen LogP contribution in [0.3, 0.4) is 0 Å². The Kier molecular flexibility index (Phi) is 4.80. The van der Waals surface area contributed by atoms with Crippen molar-refractivity contribution in [1.82, 2.24) is 0 Å². The van der Waals surface area contributed by atoms with E-state index in [1.807, 2.05) is 0 Å². The van der Waals surface area contributed by atoms with E-state index in [4.69, 9.17) is 0 Å². The molecule has 0 bridgehead atoms. The van der Waals surface area contributed by atoms with Crippen molar-refractivity contribution in [3.63, 3.8) is 0 Å². The zero-order valence-corrected chi connectivity index (χ0v) is 8.31. The molecule has 0 atom stereocenters. The van der Waals surface area contributed by atoms with Gasteiger partial charge in [-0.2, -0.15) is 0 Å². The fourth-order valence-corrected chi connectivity index (χ4v) is 1.21. The Balaban J connectivity index is 3.81. The first-order valence-electron chi connectivity index (χ1n) is 4.46. The Morgan fingerprint density at radius 2 is 0.700 bits per heavy atom. The minimum atomic E-state index is 0.831. The molecule has 0 radical (unpaired) electrons. The molecular weight excluding hydrogens is 108 g/mol. The maximum Gasteiger partial charge on any atom is 0.0552 e. The summed E-state index contributed by atoms with van der Waals surface area (Å²) in [5.41, 5.74) is 0. The van der Waals surface area contributed by atoms with Crippen molar-refractivity contribution >= 4 is 72.0 Å². The number of hydrogen-bond donors (Lipinski definition) is 0. The van der Waals surface area contributed by atoms with Crippen LogP contribution in [0.5, 0.6) is 0 Å². The summed E-state index contributed by atoms with van der Waals surface area (Å²) in [4.78, 5) is 0. The summed E-state index contributed by atoms with van der Waals surface area (Å²) in [7, 11) is 13.9. The largest absolute Gasteiger partial charge is 0.0552 e. The Labute approximate surface area is 72.4 Å². The van der Waals surface area contributed by atoms with E-state index in [0.29, 0.717) is 0 Å². The molecule has 0 N–H and O–H groups in total. The van der Waals surface area contributed by atoms with Crippen LogP contribution in [-0.2, 0) is 0 Å². The van der Waals surface area contributed by atoms with Gasteiger partial charge < -0.3 is 0 Å². The molecular formula is H12B10. The molecule has 0 spiro atoms. The molecule has 10 heteroatoms. The van der Waals surface area contributed by atoms with E-state index in [2.05, 4.69) is 46.4 Å². The van der Waals surface area contributed by atoms with Crippen molar-refractivity contribution in [3.05, 3.63) is 0 Å². The smallest absolute Gasteiger partial charge is 0.0123 e. The van der Waals surface area contributed by atoms with E-state index in [1.165, 1.54) is 0 Å². The average molecular weight is 120 g/mol. The standard InChI is InChI=1S/B10H12/c1-7(2)9(5)10(6)8(3)4/h1-6H2. The van der Waals surface area contributed by atoms with Crippen LogP contribution in [0, 0.1) is 0 Å². The number of rotatable bonds is 3. The lowest BCUT2D eigenvalue weighted by Crippen LogP contribution is -2.59. The zero-order chi connectivity index (χ0) is 8.31. The van der Waals surface area contributed by atoms with Gasteiger partial charge in [0.2, 0.25) is 0 Å². The van der Waals surface area contributed by atoms with Crippen molar-refractivity contribution in [1.29, 1.82) is 0 Å². The Bertz CT molecular complexity index is 70.0. The van der Waals surface area contributed by atoms with Crippen LogP contribution in [0.2, 0.25) is 0 Å². The lowest BCUT2D eigenvalue weighted by Gasteiger charge is -2.19. The van der Waals surface area contributed by atoms with Gasteiger partial charge in [0.25, 0.3) is 0 Å². The molecule has 42 valence electrons. The number of hydrogen-bond acceptors (Lipinski definition) is 0. The van der Waals surface area contributed by atoms with Crippen LogP contribution in [0.4, 0.5) is 0 Å². The van der Waals surface area contributed by atoms with Gasteiger partial charge in [-0.25, -0.2) is 0 Å². The monoisotopic (exact) mass is 122 g/mol. The van der Waals surface area contributed by atoms with E-state index in [1.54, 1.807) is 0 Å². The van der Waals surface area contributed by atoms with Gasteiger partial charge in [0, 0.05) is 25.5 Å². The molecule has 0 fully saturated rings. The molecule has 0 amide bonds. The van der Waals surface area contributed by atoms with Crippen LogP contribution in [0.15, 0.2) is 0 Å². The average Bonchev–Trinajstić information content (AvgIpc) is 1.84. The second-order valence-corrected chi connectivity index (χ2v) is 4.21. The topological polar surface area (TPSA) is 0 Å². The molecule has 0 aromatic heterocycles. The fourth-order valence-electron chi connectivity index (χ4n) is 1.21. The summed E-state index contributed by atoms with van der Waals surface area (Å²) in [6.45, 7) is 0. The van der Waals surface area contributed by atoms with E-state index in [0.717, 1.165) is 25.5 Å². The van der Waals surface area contributed by atoms with Gasteiger partial charge in [-0.1, -0.05) is 0 Å². The SMILES string of the molecule is BB(B)B(B)B(B)B(B)B. The van der Waals surface area contributed by atoms with Crippen molar-refractivity contribution in [2.45, 2.75) is 0 Å². The third-order valence-electron chi connectivity index (χ3n) is 2.93. The minimum absolute atomic E-state index is 0.831. The second-order valence-electron chi connectivity index (χ2n) is 4.21. The first kappa shape index (κ1) is 10.6. The van der Waals surface area contributed by atoms with E-state index < -0.39 is 0 Å². The maximum atomic E-state index is 2.36. The predicted molar refractivity (Wildman–Crippen MR) is 74.3 cm³/mol. The van der Waals surface area contributed by atoms with Gasteiger partial charge in [-0.05, 0) is 0 Å². The first-order chi connectivity index (χ1) is 4.46. The fraction of sp³-hybridized carbons (Fsp3) is 0. The highest BCUT2D eigenvalue weighted by Gasteiger charge is 2.24. The van der Waals surface area contributed by atoms with E-state index in [9.17, 15) is 0 Å². The highest BCUT2D eigenvalue weighted by Crippen LogP contribution is 1.84. The van der Waals surface area contributed by atoms with Gasteiger partial charge in [0.15, 0.2) is 0 Å². The van der Waals surface area contributed by atoms with Crippen LogP contribution >= 0.6 is 0 Å². The molecule has 0 aliphatic heterocycles. The Hall–Kier alpha value is 0.649. The summed E-state index contributed by atoms with van der Waals surface area (Å²) < 4.78 is 0. The Morgan fingerprint density at radius 3 is 0.800 bits per heavy atom. The first-order valence-corrected chi connectivity index (χ1v) is 4.46. The lowest BCUT2D eigenvalue weighted by atomic mass is 8.60. The van der Waals surface area contributed by atoms with Crippen molar-refractivity contribution in [3.8, 4) is 0 Å². The minimum Gasteiger partial charge on any atom is 0.0123 e. The van der Waals surface area contributed by atoms with Crippen LogP contribution < -0.4 is 0 Å². The van der Waals surface area contributed by atoms with Crippen LogP contribution in [-0.4, -0.2) is 72.0 Å². The summed E-state index contributed by atoms with van der Waals surface area (Å²) >= 11 is 0. The van der Waals surface area contributed by atoms with Gasteiger partial charge in [0.05, 0.1) is 46.4 Å². The second kappa shape index (κ2) is 4.51. The zero-order valence-electron chi connectivity index (χ0n) is 8.31. The van der Waals surface area contributed by atoms with Crippen molar-refractivity contribution in [2.24, 2.45) is 0 Å². The van der Waals surface area contributed by atoms with Crippen molar-refractivity contribution < 1.29 is 0 Å². The highest BCUT2D eigenvalue weighted by atomic mass is 13.0. The van der Waals surface area contributed by atoms with E-state index >= 15 is 0 Å². The molecule has 0 saturated carbocycles. The Morgan fingerprint density at radius 1 is 0.500 bits per heavy atom. The molecule has 0 nitrogen and oxygen atoms in total. The third-order valence-corrected chi connectivity index (χ3v) is 2.93. The third kappa shape index (κ3) is 3.16. The summed E-state index contributed by atoms with van der Waals surface area (Å²) in [5.74, 6) is 0. The molecule has 0 aliphatic rings. The van der Waals surface area contributed by atoms with Gasteiger partial charge >= 0.3 is 0 Å². The van der Waals surface area contributed by atoms with Gasteiger partial charge in [-0.15, -0.1) is 0 Å². The quantitative estimate of drug-likeness (QED) is 0.325.